The average molecular weight is 304 g/mol. The lowest BCUT2D eigenvalue weighted by atomic mass is 10.1. The molecule has 0 saturated carbocycles. The summed E-state index contributed by atoms with van der Waals surface area (Å²) in [5, 5.41) is 4.01. The Morgan fingerprint density at radius 3 is 2.43 bits per heavy atom. The van der Waals surface area contributed by atoms with Crippen molar-refractivity contribution in [1.29, 1.82) is 0 Å². The normalized spacial score (nSPS) is 10.7. The van der Waals surface area contributed by atoms with Gasteiger partial charge in [-0.2, -0.15) is 0 Å². The molecule has 3 heteroatoms. The maximum atomic E-state index is 6.32. The molecular weight excluding hydrogens is 282 g/mol. The van der Waals surface area contributed by atoms with E-state index in [1.165, 1.54) is 11.1 Å². The molecule has 2 aromatic rings. The third-order valence-corrected chi connectivity index (χ3v) is 4.04. The molecule has 0 spiro atoms. The Balaban J connectivity index is 2.25. The second-order valence-electron chi connectivity index (χ2n) is 5.29. The second-order valence-corrected chi connectivity index (χ2v) is 5.70. The molecule has 0 amide bonds. The number of hydrogen-bond donors (Lipinski definition) is 1. The van der Waals surface area contributed by atoms with Crippen molar-refractivity contribution in [3.63, 3.8) is 0 Å². The first-order valence-corrected chi connectivity index (χ1v) is 7.64. The lowest BCUT2D eigenvalue weighted by Crippen LogP contribution is -2.11. The van der Waals surface area contributed by atoms with Crippen LogP contribution in [0.5, 0.6) is 11.5 Å². The van der Waals surface area contributed by atoms with Crippen molar-refractivity contribution in [3.05, 3.63) is 57.6 Å². The van der Waals surface area contributed by atoms with E-state index in [1.54, 1.807) is 0 Å². The van der Waals surface area contributed by atoms with Gasteiger partial charge in [-0.05, 0) is 61.7 Å². The number of aryl methyl sites for hydroxylation is 2. The highest BCUT2D eigenvalue weighted by atomic mass is 35.5. The van der Waals surface area contributed by atoms with Gasteiger partial charge in [0.05, 0.1) is 0 Å². The van der Waals surface area contributed by atoms with Crippen LogP contribution in [0.2, 0.25) is 5.02 Å². The van der Waals surface area contributed by atoms with Crippen LogP contribution in [0.3, 0.4) is 0 Å². The van der Waals surface area contributed by atoms with Crippen molar-refractivity contribution >= 4 is 11.6 Å². The van der Waals surface area contributed by atoms with Crippen LogP contribution in [-0.2, 0) is 6.54 Å². The molecule has 21 heavy (non-hydrogen) atoms. The molecule has 0 fully saturated rings. The summed E-state index contributed by atoms with van der Waals surface area (Å²) < 4.78 is 6.06. The van der Waals surface area contributed by atoms with Gasteiger partial charge in [-0.15, -0.1) is 0 Å². The fraction of sp³-hybridized carbons (Fsp3) is 0.333. The SMILES string of the molecule is CCNCc1ccc(Oc2c(C)ccc(C)c2C)cc1Cl. The van der Waals surface area contributed by atoms with Gasteiger partial charge in [-0.25, -0.2) is 0 Å². The average Bonchev–Trinajstić information content (AvgIpc) is 2.47. The quantitative estimate of drug-likeness (QED) is 0.823. The minimum absolute atomic E-state index is 0.733. The number of rotatable bonds is 5. The molecular formula is C18H22ClNO. The Morgan fingerprint density at radius 1 is 1.05 bits per heavy atom. The summed E-state index contributed by atoms with van der Waals surface area (Å²) in [7, 11) is 0. The predicted octanol–water partition coefficient (Wildman–Crippen LogP) is 5.17. The lowest BCUT2D eigenvalue weighted by molar-refractivity contribution is 0.474. The number of nitrogens with one attached hydrogen (secondary N) is 1. The molecule has 0 radical (unpaired) electrons. The van der Waals surface area contributed by atoms with Gasteiger partial charge in [0.15, 0.2) is 0 Å². The molecule has 0 aliphatic carbocycles. The molecule has 2 aromatic carbocycles. The molecule has 2 nitrogen and oxygen atoms in total. The van der Waals surface area contributed by atoms with Crippen LogP contribution in [0, 0.1) is 20.8 Å². The van der Waals surface area contributed by atoms with Gasteiger partial charge in [0.25, 0.3) is 0 Å². The van der Waals surface area contributed by atoms with Crippen LogP contribution in [0.1, 0.15) is 29.2 Å². The van der Waals surface area contributed by atoms with Crippen molar-refractivity contribution in [2.24, 2.45) is 0 Å². The zero-order valence-corrected chi connectivity index (χ0v) is 13.8. The highest BCUT2D eigenvalue weighted by Gasteiger charge is 2.09. The van der Waals surface area contributed by atoms with E-state index in [1.807, 2.05) is 18.2 Å². The van der Waals surface area contributed by atoms with Crippen molar-refractivity contribution in [2.45, 2.75) is 34.2 Å². The monoisotopic (exact) mass is 303 g/mol. The van der Waals surface area contributed by atoms with Gasteiger partial charge >= 0.3 is 0 Å². The van der Waals surface area contributed by atoms with E-state index in [2.05, 4.69) is 45.1 Å². The highest BCUT2D eigenvalue weighted by molar-refractivity contribution is 6.31. The van der Waals surface area contributed by atoms with E-state index in [0.29, 0.717) is 0 Å². The van der Waals surface area contributed by atoms with Gasteiger partial charge in [0.2, 0.25) is 0 Å². The van der Waals surface area contributed by atoms with Gasteiger partial charge < -0.3 is 10.1 Å². The van der Waals surface area contributed by atoms with Crippen LogP contribution in [-0.4, -0.2) is 6.54 Å². The molecule has 0 bridgehead atoms. The fourth-order valence-corrected chi connectivity index (χ4v) is 2.43. The van der Waals surface area contributed by atoms with Crippen LogP contribution < -0.4 is 10.1 Å². The fourth-order valence-electron chi connectivity index (χ4n) is 2.19. The summed E-state index contributed by atoms with van der Waals surface area (Å²) in [4.78, 5) is 0. The first kappa shape index (κ1) is 15.9. The Hall–Kier alpha value is -1.51. The van der Waals surface area contributed by atoms with E-state index in [4.69, 9.17) is 16.3 Å². The minimum atomic E-state index is 0.733. The molecule has 1 N–H and O–H groups in total. The summed E-state index contributed by atoms with van der Waals surface area (Å²) >= 11 is 6.32. The number of halogens is 1. The largest absolute Gasteiger partial charge is 0.457 e. The Kier molecular flexibility index (Phi) is 5.27. The molecule has 0 saturated heterocycles. The van der Waals surface area contributed by atoms with Crippen molar-refractivity contribution in [3.8, 4) is 11.5 Å². The first-order valence-electron chi connectivity index (χ1n) is 7.26. The highest BCUT2D eigenvalue weighted by Crippen LogP contribution is 2.32. The third kappa shape index (κ3) is 3.78. The summed E-state index contributed by atoms with van der Waals surface area (Å²) in [5.74, 6) is 1.70. The third-order valence-electron chi connectivity index (χ3n) is 3.68. The Morgan fingerprint density at radius 2 is 1.76 bits per heavy atom. The molecule has 0 aliphatic heterocycles. The van der Waals surface area contributed by atoms with E-state index < -0.39 is 0 Å². The first-order chi connectivity index (χ1) is 10.0. The maximum Gasteiger partial charge on any atom is 0.133 e. The smallest absolute Gasteiger partial charge is 0.133 e. The number of benzene rings is 2. The lowest BCUT2D eigenvalue weighted by Gasteiger charge is -2.14. The van der Waals surface area contributed by atoms with E-state index in [-0.39, 0.29) is 0 Å². The van der Waals surface area contributed by atoms with Gasteiger partial charge in [0, 0.05) is 11.6 Å². The van der Waals surface area contributed by atoms with Crippen molar-refractivity contribution in [1.82, 2.24) is 5.32 Å². The molecule has 0 unspecified atom stereocenters. The summed E-state index contributed by atoms with van der Waals surface area (Å²) in [6.45, 7) is 10.0. The van der Waals surface area contributed by atoms with Gasteiger partial charge in [0.1, 0.15) is 11.5 Å². The van der Waals surface area contributed by atoms with Gasteiger partial charge in [-0.3, -0.25) is 0 Å². The van der Waals surface area contributed by atoms with Crippen LogP contribution in [0.15, 0.2) is 30.3 Å². The van der Waals surface area contributed by atoms with E-state index in [9.17, 15) is 0 Å². The molecule has 0 aliphatic rings. The van der Waals surface area contributed by atoms with Crippen LogP contribution >= 0.6 is 11.6 Å². The second kappa shape index (κ2) is 6.97. The summed E-state index contributed by atoms with van der Waals surface area (Å²) in [5.41, 5.74) is 4.61. The molecule has 0 aromatic heterocycles. The summed E-state index contributed by atoms with van der Waals surface area (Å²) in [6.07, 6.45) is 0. The van der Waals surface area contributed by atoms with Crippen molar-refractivity contribution in [2.75, 3.05) is 6.54 Å². The Bertz CT molecular complexity index is 637. The minimum Gasteiger partial charge on any atom is -0.457 e. The van der Waals surface area contributed by atoms with Gasteiger partial charge in [-0.1, -0.05) is 36.7 Å². The molecule has 2 rings (SSSR count). The molecule has 112 valence electrons. The Labute approximate surface area is 132 Å². The van der Waals surface area contributed by atoms with Crippen LogP contribution in [0.25, 0.3) is 0 Å². The topological polar surface area (TPSA) is 21.3 Å². The summed E-state index contributed by atoms with van der Waals surface area (Å²) in [6, 6.07) is 10.1. The maximum absolute atomic E-state index is 6.32. The van der Waals surface area contributed by atoms with E-state index >= 15 is 0 Å². The van der Waals surface area contributed by atoms with Crippen LogP contribution in [0.4, 0.5) is 0 Å². The van der Waals surface area contributed by atoms with E-state index in [0.717, 1.165) is 40.7 Å². The number of ether oxygens (including phenoxy) is 1. The standard InChI is InChI=1S/C18H22ClNO/c1-5-20-11-15-8-9-16(10-17(15)19)21-18-13(3)7-6-12(2)14(18)4/h6-10,20H,5,11H2,1-4H3. The van der Waals surface area contributed by atoms with Crippen molar-refractivity contribution < 1.29 is 4.74 Å². The number of hydrogen-bond acceptors (Lipinski definition) is 2. The predicted molar refractivity (Wildman–Crippen MR) is 89.6 cm³/mol. The zero-order valence-electron chi connectivity index (χ0n) is 13.1. The molecule has 0 heterocycles. The molecule has 0 atom stereocenters. The zero-order chi connectivity index (χ0) is 15.4.